The average molecular weight is 577 g/mol. The van der Waals surface area contributed by atoms with Gasteiger partial charge in [-0.2, -0.15) is 0 Å². The van der Waals surface area contributed by atoms with Gasteiger partial charge in [0.2, 0.25) is 0 Å². The van der Waals surface area contributed by atoms with E-state index in [2.05, 4.69) is 79.4 Å². The first-order chi connectivity index (χ1) is 20.9. The van der Waals surface area contributed by atoms with Gasteiger partial charge in [-0.15, -0.1) is 11.3 Å². The summed E-state index contributed by atoms with van der Waals surface area (Å²) >= 11 is 1.67. The number of ketones is 2. The number of aromatic nitrogens is 1. The van der Waals surface area contributed by atoms with Crippen molar-refractivity contribution in [3.05, 3.63) is 147 Å². The first-order valence-electron chi connectivity index (χ1n) is 14.6. The second-order valence-electron chi connectivity index (χ2n) is 11.9. The highest BCUT2D eigenvalue weighted by molar-refractivity contribution is 7.14. The largest absolute Gasteiger partial charge is 0.333 e. The van der Waals surface area contributed by atoms with Crippen molar-refractivity contribution in [1.82, 2.24) is 4.98 Å². The first kappa shape index (κ1) is 25.8. The molecule has 3 aliphatic rings. The minimum Gasteiger partial charge on any atom is -0.333 e. The van der Waals surface area contributed by atoms with E-state index in [4.69, 9.17) is 4.98 Å². The Balaban J connectivity index is 1.16. The topological polar surface area (TPSA) is 50.3 Å². The maximum Gasteiger partial charge on any atom is 0.197 e. The zero-order chi connectivity index (χ0) is 29.3. The van der Waals surface area contributed by atoms with Crippen molar-refractivity contribution in [2.75, 3.05) is 4.90 Å². The summed E-state index contributed by atoms with van der Waals surface area (Å²) in [6.45, 7) is 4.55. The van der Waals surface area contributed by atoms with Crippen molar-refractivity contribution in [2.24, 2.45) is 0 Å². The molecule has 0 N–H and O–H groups in total. The molecule has 0 spiro atoms. The summed E-state index contributed by atoms with van der Waals surface area (Å²) in [5.41, 5.74) is 8.05. The van der Waals surface area contributed by atoms with Crippen LogP contribution in [0.4, 0.5) is 11.4 Å². The normalized spacial score (nSPS) is 18.2. The molecule has 43 heavy (non-hydrogen) atoms. The number of hydrogen-bond acceptors (Lipinski definition) is 5. The van der Waals surface area contributed by atoms with E-state index >= 15 is 0 Å². The van der Waals surface area contributed by atoms with Crippen molar-refractivity contribution in [1.29, 1.82) is 0 Å². The van der Waals surface area contributed by atoms with E-state index < -0.39 is 0 Å². The van der Waals surface area contributed by atoms with Crippen molar-refractivity contribution in [3.63, 3.8) is 0 Å². The number of anilines is 2. The molecular formula is C38H28N2O2S. The molecule has 5 heteroatoms. The first-order valence-corrected chi connectivity index (χ1v) is 15.4. The van der Waals surface area contributed by atoms with E-state index in [0.29, 0.717) is 11.1 Å². The predicted octanol–water partition coefficient (Wildman–Crippen LogP) is 8.97. The SMILES string of the molecule is CC1(C)C2=CC(N(c3ccccc3)c3cnc4ccccc4c3)CC=C2c2sc(C=C3C(=O)c4ccccc4C3=O)cc21. The van der Waals surface area contributed by atoms with E-state index in [0.717, 1.165) is 33.6 Å². The van der Waals surface area contributed by atoms with E-state index in [9.17, 15) is 9.59 Å². The Kier molecular flexibility index (Phi) is 5.75. The monoisotopic (exact) mass is 576 g/mol. The van der Waals surface area contributed by atoms with Crippen LogP contribution in [-0.4, -0.2) is 22.6 Å². The molecule has 1 atom stereocenters. The van der Waals surface area contributed by atoms with Gasteiger partial charge in [-0.25, -0.2) is 0 Å². The Labute approximate surface area is 254 Å². The number of Topliss-reactive ketones (excluding diaryl/α,β-unsaturated/α-hetero) is 2. The fourth-order valence-electron chi connectivity index (χ4n) is 6.79. The molecule has 3 aliphatic carbocycles. The number of hydrogen-bond donors (Lipinski definition) is 0. The van der Waals surface area contributed by atoms with Crippen LogP contribution in [0.15, 0.2) is 120 Å². The highest BCUT2D eigenvalue weighted by atomic mass is 32.1. The van der Waals surface area contributed by atoms with E-state index in [1.54, 1.807) is 41.7 Å². The fraction of sp³-hybridized carbons (Fsp3) is 0.132. The summed E-state index contributed by atoms with van der Waals surface area (Å²) in [7, 11) is 0. The highest BCUT2D eigenvalue weighted by Gasteiger charge is 2.42. The molecule has 2 heterocycles. The lowest BCUT2D eigenvalue weighted by atomic mass is 9.79. The van der Waals surface area contributed by atoms with Crippen LogP contribution in [0.5, 0.6) is 0 Å². The molecule has 0 aliphatic heterocycles. The summed E-state index contributed by atoms with van der Waals surface area (Å²) < 4.78 is 0. The van der Waals surface area contributed by atoms with Gasteiger partial charge in [0.15, 0.2) is 11.6 Å². The van der Waals surface area contributed by atoms with Crippen molar-refractivity contribution in [2.45, 2.75) is 31.7 Å². The quantitative estimate of drug-likeness (QED) is 0.158. The molecule has 5 aromatic rings. The molecule has 0 fully saturated rings. The number of para-hydroxylation sites is 2. The summed E-state index contributed by atoms with van der Waals surface area (Å²) in [6.07, 6.45) is 9.42. The summed E-state index contributed by atoms with van der Waals surface area (Å²) in [4.78, 5) is 35.4. The molecule has 208 valence electrons. The molecule has 0 saturated heterocycles. The Hall–Kier alpha value is -4.87. The zero-order valence-corrected chi connectivity index (χ0v) is 24.7. The molecule has 4 nitrogen and oxygen atoms in total. The minimum atomic E-state index is -0.219. The number of thiophene rings is 1. The highest BCUT2D eigenvalue weighted by Crippen LogP contribution is 2.55. The van der Waals surface area contributed by atoms with Gasteiger partial charge in [0.25, 0.3) is 0 Å². The maximum atomic E-state index is 13.0. The summed E-state index contributed by atoms with van der Waals surface area (Å²) in [6, 6.07) is 30.4. The van der Waals surface area contributed by atoms with Crippen LogP contribution in [0.3, 0.4) is 0 Å². The standard InChI is InChI=1S/C38H28N2O2S/c1-38(2)32-19-25(40(24-11-4-3-5-12-24)26-18-23-10-6-9-15-34(23)39-22-26)16-17-30(32)37-33(38)21-27(43-37)20-31-35(41)28-13-7-8-14-29(28)36(31)42/h3-15,17-22,25H,16H2,1-2H3. The maximum absolute atomic E-state index is 13.0. The number of carbonyl (C=O) groups excluding carboxylic acids is 2. The molecule has 0 radical (unpaired) electrons. The third-order valence-corrected chi connectivity index (χ3v) is 10.1. The molecule has 2 aromatic heterocycles. The van der Waals surface area contributed by atoms with Gasteiger partial charge < -0.3 is 4.90 Å². The van der Waals surface area contributed by atoms with Gasteiger partial charge in [-0.1, -0.05) is 86.7 Å². The molecule has 1 unspecified atom stereocenters. The summed E-state index contributed by atoms with van der Waals surface area (Å²) in [5, 5.41) is 1.12. The molecule has 3 aromatic carbocycles. The number of rotatable bonds is 4. The fourth-order valence-corrected chi connectivity index (χ4v) is 8.10. The van der Waals surface area contributed by atoms with E-state index in [1.807, 2.05) is 24.4 Å². The number of allylic oxidation sites excluding steroid dienone is 3. The number of nitrogens with zero attached hydrogens (tertiary/aromatic N) is 2. The second-order valence-corrected chi connectivity index (χ2v) is 13.0. The van der Waals surface area contributed by atoms with Crippen LogP contribution >= 0.6 is 11.3 Å². The Morgan fingerprint density at radius 2 is 1.56 bits per heavy atom. The van der Waals surface area contributed by atoms with Crippen LogP contribution < -0.4 is 4.90 Å². The van der Waals surface area contributed by atoms with Crippen LogP contribution in [-0.2, 0) is 5.41 Å². The third-order valence-electron chi connectivity index (χ3n) is 8.97. The Bertz CT molecular complexity index is 2040. The predicted molar refractivity (Wildman–Crippen MR) is 175 cm³/mol. The van der Waals surface area contributed by atoms with Crippen LogP contribution in [0, 0.1) is 0 Å². The van der Waals surface area contributed by atoms with Crippen LogP contribution in [0.2, 0.25) is 0 Å². The van der Waals surface area contributed by atoms with Gasteiger partial charge in [0.05, 0.1) is 29.0 Å². The van der Waals surface area contributed by atoms with Crippen molar-refractivity contribution < 1.29 is 9.59 Å². The number of pyridine rings is 1. The van der Waals surface area contributed by atoms with Crippen molar-refractivity contribution >= 4 is 56.8 Å². The van der Waals surface area contributed by atoms with Gasteiger partial charge in [0, 0.05) is 37.4 Å². The zero-order valence-electron chi connectivity index (χ0n) is 23.9. The lowest BCUT2D eigenvalue weighted by Gasteiger charge is -2.35. The number of benzene rings is 3. The Morgan fingerprint density at radius 3 is 2.33 bits per heavy atom. The number of fused-ring (bicyclic) bond motifs is 5. The van der Waals surface area contributed by atoms with Gasteiger partial charge in [0.1, 0.15) is 0 Å². The smallest absolute Gasteiger partial charge is 0.197 e. The van der Waals surface area contributed by atoms with Gasteiger partial charge in [-0.3, -0.25) is 14.6 Å². The molecule has 0 saturated carbocycles. The molecular weight excluding hydrogens is 548 g/mol. The van der Waals surface area contributed by atoms with Crippen LogP contribution in [0.1, 0.15) is 56.3 Å². The third kappa shape index (κ3) is 3.99. The Morgan fingerprint density at radius 1 is 0.860 bits per heavy atom. The van der Waals surface area contributed by atoms with E-state index in [1.165, 1.54) is 21.6 Å². The van der Waals surface area contributed by atoms with E-state index in [-0.39, 0.29) is 28.6 Å². The molecule has 8 rings (SSSR count). The van der Waals surface area contributed by atoms with Crippen LogP contribution in [0.25, 0.3) is 22.6 Å². The minimum absolute atomic E-state index is 0.117. The van der Waals surface area contributed by atoms with Crippen molar-refractivity contribution in [3.8, 4) is 0 Å². The second kappa shape index (κ2) is 9.58. The lowest BCUT2D eigenvalue weighted by molar-refractivity contribution is 0.0990. The molecule has 0 bridgehead atoms. The lowest BCUT2D eigenvalue weighted by Crippen LogP contribution is -2.32. The molecule has 0 amide bonds. The van der Waals surface area contributed by atoms with Gasteiger partial charge >= 0.3 is 0 Å². The summed E-state index contributed by atoms with van der Waals surface area (Å²) in [5.74, 6) is -0.365. The van der Waals surface area contributed by atoms with Gasteiger partial charge in [-0.05, 0) is 59.5 Å². The number of carbonyl (C=O) groups is 2. The average Bonchev–Trinajstić information content (AvgIpc) is 3.63.